The van der Waals surface area contributed by atoms with Gasteiger partial charge in [-0.25, -0.2) is 0 Å². The monoisotopic (exact) mass is 246 g/mol. The Kier molecular flexibility index (Phi) is 4.40. The summed E-state index contributed by atoms with van der Waals surface area (Å²) in [5.74, 6) is 0.484. The van der Waals surface area contributed by atoms with E-state index in [-0.39, 0.29) is 11.9 Å². The average Bonchev–Trinajstić information content (AvgIpc) is 2.30. The number of ether oxygens (including phenoxy) is 1. The Morgan fingerprint density at radius 2 is 2.06 bits per heavy atom. The van der Waals surface area contributed by atoms with Gasteiger partial charge in [-0.15, -0.1) is 0 Å². The van der Waals surface area contributed by atoms with E-state index in [1.54, 1.807) is 0 Å². The van der Waals surface area contributed by atoms with Gasteiger partial charge in [0.2, 0.25) is 0 Å². The van der Waals surface area contributed by atoms with Crippen molar-refractivity contribution in [1.82, 2.24) is 0 Å². The summed E-state index contributed by atoms with van der Waals surface area (Å²) in [7, 11) is 0. The molecule has 0 spiro atoms. The molecule has 0 aromatic heterocycles. The summed E-state index contributed by atoms with van der Waals surface area (Å²) >= 11 is 0. The minimum absolute atomic E-state index is 0.0771. The number of carbonyl (C=O) groups is 1. The van der Waals surface area contributed by atoms with E-state index in [9.17, 15) is 4.79 Å². The van der Waals surface area contributed by atoms with Gasteiger partial charge in [-0.1, -0.05) is 37.6 Å². The van der Waals surface area contributed by atoms with Crippen LogP contribution >= 0.6 is 0 Å². The third kappa shape index (κ3) is 2.58. The number of rotatable bonds is 5. The van der Waals surface area contributed by atoms with Crippen LogP contribution in [0.15, 0.2) is 24.3 Å². The van der Waals surface area contributed by atoms with Crippen molar-refractivity contribution in [1.29, 1.82) is 0 Å². The number of hydrogen-bond donors (Lipinski definition) is 0. The maximum Gasteiger partial charge on any atom is 0.313 e. The summed E-state index contributed by atoms with van der Waals surface area (Å²) in [6.07, 6.45) is 4.64. The predicted octanol–water partition coefficient (Wildman–Crippen LogP) is 4.01. The van der Waals surface area contributed by atoms with Gasteiger partial charge >= 0.3 is 5.97 Å². The smallest absolute Gasteiger partial charge is 0.313 e. The quantitative estimate of drug-likeness (QED) is 0.734. The Hall–Kier alpha value is -1.31. The second-order valence-corrected chi connectivity index (χ2v) is 4.97. The number of hydrogen-bond acceptors (Lipinski definition) is 2. The molecule has 1 aromatic rings. The van der Waals surface area contributed by atoms with E-state index >= 15 is 0 Å². The molecule has 0 amide bonds. The molecule has 98 valence electrons. The lowest BCUT2D eigenvalue weighted by Crippen LogP contribution is -2.19. The largest absolute Gasteiger partial charge is 0.466 e. The van der Waals surface area contributed by atoms with Crippen molar-refractivity contribution in [3.63, 3.8) is 0 Å². The van der Waals surface area contributed by atoms with Gasteiger partial charge < -0.3 is 4.74 Å². The molecule has 18 heavy (non-hydrogen) atoms. The van der Waals surface area contributed by atoms with Crippen molar-refractivity contribution in [3.8, 4) is 0 Å². The molecule has 1 unspecified atom stereocenters. The molecule has 0 heterocycles. The highest BCUT2D eigenvalue weighted by Crippen LogP contribution is 2.40. The van der Waals surface area contributed by atoms with Crippen molar-refractivity contribution >= 4 is 5.97 Å². The van der Waals surface area contributed by atoms with Crippen LogP contribution in [0, 0.1) is 0 Å². The molecule has 1 aliphatic rings. The second-order valence-electron chi connectivity index (χ2n) is 4.97. The summed E-state index contributed by atoms with van der Waals surface area (Å²) in [4.78, 5) is 12.0. The molecule has 0 aliphatic heterocycles. The minimum Gasteiger partial charge on any atom is -0.466 e. The maximum absolute atomic E-state index is 12.0. The molecule has 1 aromatic carbocycles. The topological polar surface area (TPSA) is 26.3 Å². The fraction of sp³-hybridized carbons (Fsp3) is 0.562. The first-order chi connectivity index (χ1) is 8.77. The van der Waals surface area contributed by atoms with Crippen molar-refractivity contribution < 1.29 is 9.53 Å². The minimum atomic E-state index is -0.0956. The molecule has 1 aliphatic carbocycles. The van der Waals surface area contributed by atoms with Crippen molar-refractivity contribution in [2.75, 3.05) is 6.61 Å². The molecule has 0 saturated heterocycles. The van der Waals surface area contributed by atoms with Gasteiger partial charge in [0.15, 0.2) is 0 Å². The summed E-state index contributed by atoms with van der Waals surface area (Å²) in [5, 5.41) is 0. The molecule has 0 N–H and O–H groups in total. The Labute approximate surface area is 109 Å². The molecular weight excluding hydrogens is 224 g/mol. The molecule has 2 rings (SSSR count). The average molecular weight is 246 g/mol. The van der Waals surface area contributed by atoms with Crippen LogP contribution in [0.4, 0.5) is 0 Å². The van der Waals surface area contributed by atoms with Crippen LogP contribution in [0.5, 0.6) is 0 Å². The first-order valence-corrected chi connectivity index (χ1v) is 7.03. The number of carbonyl (C=O) groups excluding carboxylic acids is 1. The molecule has 2 nitrogen and oxygen atoms in total. The fourth-order valence-electron chi connectivity index (χ4n) is 2.68. The number of esters is 1. The molecular formula is C16H22O2. The Balaban J connectivity index is 2.26. The lowest BCUT2D eigenvalue weighted by molar-refractivity contribution is -0.145. The van der Waals surface area contributed by atoms with Crippen LogP contribution in [0.3, 0.4) is 0 Å². The first-order valence-electron chi connectivity index (χ1n) is 7.03. The summed E-state index contributed by atoms with van der Waals surface area (Å²) in [5.41, 5.74) is 2.55. The Morgan fingerprint density at radius 3 is 2.61 bits per heavy atom. The van der Waals surface area contributed by atoms with Crippen LogP contribution in [-0.2, 0) is 9.53 Å². The van der Waals surface area contributed by atoms with Gasteiger partial charge in [-0.05, 0) is 43.2 Å². The first kappa shape index (κ1) is 13.1. The van der Waals surface area contributed by atoms with E-state index in [1.807, 2.05) is 13.0 Å². The summed E-state index contributed by atoms with van der Waals surface area (Å²) < 4.78 is 5.20. The zero-order chi connectivity index (χ0) is 13.0. The third-order valence-electron chi connectivity index (χ3n) is 3.90. The van der Waals surface area contributed by atoms with Crippen LogP contribution in [0.25, 0.3) is 0 Å². The van der Waals surface area contributed by atoms with Crippen molar-refractivity contribution in [2.24, 2.45) is 0 Å². The lowest BCUT2D eigenvalue weighted by Gasteiger charge is -2.29. The number of benzene rings is 1. The molecule has 2 heteroatoms. The highest BCUT2D eigenvalue weighted by molar-refractivity contribution is 5.78. The highest BCUT2D eigenvalue weighted by atomic mass is 16.5. The zero-order valence-corrected chi connectivity index (χ0v) is 11.3. The fourth-order valence-corrected chi connectivity index (χ4v) is 2.68. The van der Waals surface area contributed by atoms with E-state index in [4.69, 9.17) is 4.74 Å². The van der Waals surface area contributed by atoms with Crippen LogP contribution in [0.1, 0.15) is 62.5 Å². The van der Waals surface area contributed by atoms with Crippen LogP contribution in [0.2, 0.25) is 0 Å². The standard InChI is InChI=1S/C16H22O2/c1-3-13(16(17)18-4-2)15-11-6-5-10-14(15)12-8-7-9-12/h5-6,10-13H,3-4,7-9H2,1-2H3. The van der Waals surface area contributed by atoms with E-state index in [2.05, 4.69) is 25.1 Å². The van der Waals surface area contributed by atoms with E-state index in [0.717, 1.165) is 6.42 Å². The van der Waals surface area contributed by atoms with E-state index < -0.39 is 0 Å². The van der Waals surface area contributed by atoms with Gasteiger partial charge in [0, 0.05) is 0 Å². The zero-order valence-electron chi connectivity index (χ0n) is 11.3. The SMILES string of the molecule is CCOC(=O)C(CC)c1ccccc1C1CCC1. The predicted molar refractivity (Wildman–Crippen MR) is 72.7 cm³/mol. The summed E-state index contributed by atoms with van der Waals surface area (Å²) in [6, 6.07) is 8.38. The van der Waals surface area contributed by atoms with Crippen molar-refractivity contribution in [2.45, 2.75) is 51.4 Å². The van der Waals surface area contributed by atoms with Gasteiger partial charge in [0.05, 0.1) is 12.5 Å². The van der Waals surface area contributed by atoms with Gasteiger partial charge in [0.1, 0.15) is 0 Å². The highest BCUT2D eigenvalue weighted by Gasteiger charge is 2.27. The molecule has 1 saturated carbocycles. The lowest BCUT2D eigenvalue weighted by atomic mass is 9.76. The summed E-state index contributed by atoms with van der Waals surface area (Å²) in [6.45, 7) is 4.38. The Morgan fingerprint density at radius 1 is 1.33 bits per heavy atom. The third-order valence-corrected chi connectivity index (χ3v) is 3.90. The van der Waals surface area contributed by atoms with Crippen molar-refractivity contribution in [3.05, 3.63) is 35.4 Å². The van der Waals surface area contributed by atoms with Crippen LogP contribution < -0.4 is 0 Å². The van der Waals surface area contributed by atoms with E-state index in [1.165, 1.54) is 30.4 Å². The molecule has 0 radical (unpaired) electrons. The molecule has 1 atom stereocenters. The van der Waals surface area contributed by atoms with Crippen LogP contribution in [-0.4, -0.2) is 12.6 Å². The Bertz CT molecular complexity index is 407. The molecule has 1 fully saturated rings. The normalized spacial score (nSPS) is 17.0. The maximum atomic E-state index is 12.0. The molecule has 0 bridgehead atoms. The second kappa shape index (κ2) is 6.03. The van der Waals surface area contributed by atoms with Gasteiger partial charge in [0.25, 0.3) is 0 Å². The van der Waals surface area contributed by atoms with E-state index in [0.29, 0.717) is 12.5 Å². The van der Waals surface area contributed by atoms with Gasteiger partial charge in [-0.3, -0.25) is 4.79 Å². The van der Waals surface area contributed by atoms with Gasteiger partial charge in [-0.2, -0.15) is 0 Å².